The fourth-order valence-corrected chi connectivity index (χ4v) is 1.86. The lowest BCUT2D eigenvalue weighted by Crippen LogP contribution is -1.92. The van der Waals surface area contributed by atoms with Gasteiger partial charge >= 0.3 is 0 Å². The summed E-state index contributed by atoms with van der Waals surface area (Å²) in [5, 5.41) is 0. The summed E-state index contributed by atoms with van der Waals surface area (Å²) in [5.74, 6) is 1.73. The lowest BCUT2D eigenvalue weighted by atomic mass is 9.99. The maximum absolute atomic E-state index is 5.67. The zero-order valence-electron chi connectivity index (χ0n) is 10.0. The van der Waals surface area contributed by atoms with E-state index in [-0.39, 0.29) is 0 Å². The number of aryl methyl sites for hydroxylation is 3. The van der Waals surface area contributed by atoms with Crippen LogP contribution < -0.4 is 5.73 Å². The van der Waals surface area contributed by atoms with E-state index in [1.54, 1.807) is 0 Å². The minimum atomic E-state index is 0.448. The highest BCUT2D eigenvalue weighted by molar-refractivity contribution is 5.64. The molecule has 1 aromatic carbocycles. The molecule has 0 aliphatic heterocycles. The Hall–Kier alpha value is -1.54. The molecule has 84 valence electrons. The van der Waals surface area contributed by atoms with E-state index in [4.69, 9.17) is 10.2 Å². The van der Waals surface area contributed by atoms with Gasteiger partial charge in [0.25, 0.3) is 0 Å². The summed E-state index contributed by atoms with van der Waals surface area (Å²) >= 11 is 0. The monoisotopic (exact) mass is 215 g/mol. The van der Waals surface area contributed by atoms with Gasteiger partial charge in [-0.15, -0.1) is 0 Å². The molecular formula is C14H17NO. The molecule has 16 heavy (non-hydrogen) atoms. The molecule has 0 unspecified atom stereocenters. The molecule has 0 fully saturated rings. The van der Waals surface area contributed by atoms with E-state index in [9.17, 15) is 0 Å². The van der Waals surface area contributed by atoms with Gasteiger partial charge in [0.15, 0.2) is 0 Å². The standard InChI is InChI=1S/C14H17NO/c1-9-6-11(3)13(7-10(9)2)14-5-4-12(8-15)16-14/h4-7H,8,15H2,1-3H3. The van der Waals surface area contributed by atoms with Gasteiger partial charge in [-0.1, -0.05) is 6.07 Å². The Labute approximate surface area is 96.1 Å². The highest BCUT2D eigenvalue weighted by Gasteiger charge is 2.08. The lowest BCUT2D eigenvalue weighted by Gasteiger charge is -2.07. The Kier molecular flexibility index (Phi) is 2.84. The summed E-state index contributed by atoms with van der Waals surface area (Å²) in [5.41, 5.74) is 10.5. The molecule has 0 bridgehead atoms. The summed E-state index contributed by atoms with van der Waals surface area (Å²) in [4.78, 5) is 0. The Morgan fingerprint density at radius 2 is 1.69 bits per heavy atom. The smallest absolute Gasteiger partial charge is 0.134 e. The van der Waals surface area contributed by atoms with Crippen LogP contribution in [0.15, 0.2) is 28.7 Å². The van der Waals surface area contributed by atoms with E-state index in [1.807, 2.05) is 12.1 Å². The second-order valence-corrected chi connectivity index (χ2v) is 4.22. The topological polar surface area (TPSA) is 39.2 Å². The van der Waals surface area contributed by atoms with E-state index >= 15 is 0 Å². The normalized spacial score (nSPS) is 10.8. The minimum Gasteiger partial charge on any atom is -0.460 e. The van der Waals surface area contributed by atoms with Crippen molar-refractivity contribution >= 4 is 0 Å². The van der Waals surface area contributed by atoms with Crippen molar-refractivity contribution in [2.24, 2.45) is 5.73 Å². The number of benzene rings is 1. The number of hydrogen-bond donors (Lipinski definition) is 1. The Morgan fingerprint density at radius 3 is 2.31 bits per heavy atom. The largest absolute Gasteiger partial charge is 0.460 e. The van der Waals surface area contributed by atoms with Crippen molar-refractivity contribution in [3.05, 3.63) is 46.7 Å². The molecular weight excluding hydrogens is 198 g/mol. The van der Waals surface area contributed by atoms with Crippen molar-refractivity contribution in [1.29, 1.82) is 0 Å². The van der Waals surface area contributed by atoms with Crippen LogP contribution in [-0.2, 0) is 6.54 Å². The predicted molar refractivity (Wildman–Crippen MR) is 66.2 cm³/mol. The van der Waals surface area contributed by atoms with Crippen LogP contribution in [-0.4, -0.2) is 0 Å². The van der Waals surface area contributed by atoms with Crippen LogP contribution in [0.5, 0.6) is 0 Å². The van der Waals surface area contributed by atoms with Gasteiger partial charge in [0.2, 0.25) is 0 Å². The fraction of sp³-hybridized carbons (Fsp3) is 0.286. The molecule has 0 spiro atoms. The fourth-order valence-electron chi connectivity index (χ4n) is 1.86. The van der Waals surface area contributed by atoms with Gasteiger partial charge in [0.05, 0.1) is 6.54 Å². The van der Waals surface area contributed by atoms with Gasteiger partial charge in [-0.2, -0.15) is 0 Å². The summed E-state index contributed by atoms with van der Waals surface area (Å²) in [6, 6.07) is 8.28. The number of nitrogens with two attached hydrogens (primary N) is 1. The molecule has 2 heteroatoms. The quantitative estimate of drug-likeness (QED) is 0.834. The number of rotatable bonds is 2. The molecule has 1 heterocycles. The molecule has 1 aromatic heterocycles. The molecule has 2 nitrogen and oxygen atoms in total. The maximum atomic E-state index is 5.67. The van der Waals surface area contributed by atoms with Crippen LogP contribution in [0.2, 0.25) is 0 Å². The van der Waals surface area contributed by atoms with Crippen LogP contribution in [0.25, 0.3) is 11.3 Å². The maximum Gasteiger partial charge on any atom is 0.134 e. The lowest BCUT2D eigenvalue weighted by molar-refractivity contribution is 0.525. The summed E-state index contributed by atoms with van der Waals surface area (Å²) in [6.07, 6.45) is 0. The second-order valence-electron chi connectivity index (χ2n) is 4.22. The highest BCUT2D eigenvalue weighted by atomic mass is 16.3. The van der Waals surface area contributed by atoms with Crippen molar-refractivity contribution < 1.29 is 4.42 Å². The van der Waals surface area contributed by atoms with Crippen molar-refractivity contribution in [3.8, 4) is 11.3 Å². The number of furan rings is 1. The summed E-state index contributed by atoms with van der Waals surface area (Å²) in [6.45, 7) is 6.79. The molecule has 0 radical (unpaired) electrons. The van der Waals surface area contributed by atoms with Gasteiger partial charge in [-0.05, 0) is 55.7 Å². The first-order valence-electron chi connectivity index (χ1n) is 5.49. The van der Waals surface area contributed by atoms with E-state index < -0.39 is 0 Å². The van der Waals surface area contributed by atoms with Crippen molar-refractivity contribution in [3.63, 3.8) is 0 Å². The average Bonchev–Trinajstić information content (AvgIpc) is 2.71. The van der Waals surface area contributed by atoms with Crippen molar-refractivity contribution in [2.45, 2.75) is 27.3 Å². The van der Waals surface area contributed by atoms with Crippen LogP contribution >= 0.6 is 0 Å². The van der Waals surface area contributed by atoms with E-state index in [2.05, 4.69) is 32.9 Å². The summed E-state index contributed by atoms with van der Waals surface area (Å²) in [7, 11) is 0. The zero-order valence-corrected chi connectivity index (χ0v) is 10.0. The van der Waals surface area contributed by atoms with Crippen LogP contribution in [0.1, 0.15) is 22.5 Å². The molecule has 2 N–H and O–H groups in total. The SMILES string of the molecule is Cc1cc(C)c(-c2ccc(CN)o2)cc1C. The van der Waals surface area contributed by atoms with Gasteiger partial charge in [-0.3, -0.25) is 0 Å². The third kappa shape index (κ3) is 1.89. The Morgan fingerprint density at radius 1 is 1.00 bits per heavy atom. The van der Waals surface area contributed by atoms with Crippen LogP contribution in [0.4, 0.5) is 0 Å². The van der Waals surface area contributed by atoms with Gasteiger partial charge < -0.3 is 10.2 Å². The summed E-state index contributed by atoms with van der Waals surface area (Å²) < 4.78 is 5.67. The first-order chi connectivity index (χ1) is 7.61. The van der Waals surface area contributed by atoms with Gasteiger partial charge in [0.1, 0.15) is 11.5 Å². The van der Waals surface area contributed by atoms with E-state index in [1.165, 1.54) is 16.7 Å². The molecule has 0 aliphatic rings. The first-order valence-corrected chi connectivity index (χ1v) is 5.49. The van der Waals surface area contributed by atoms with Crippen LogP contribution in [0, 0.1) is 20.8 Å². The van der Waals surface area contributed by atoms with Gasteiger partial charge in [-0.25, -0.2) is 0 Å². The number of hydrogen-bond acceptors (Lipinski definition) is 2. The minimum absolute atomic E-state index is 0.448. The molecule has 2 aromatic rings. The molecule has 0 saturated heterocycles. The molecule has 0 saturated carbocycles. The third-order valence-electron chi connectivity index (χ3n) is 2.97. The second kappa shape index (κ2) is 4.14. The third-order valence-corrected chi connectivity index (χ3v) is 2.97. The molecule has 0 aliphatic carbocycles. The van der Waals surface area contributed by atoms with Gasteiger partial charge in [0, 0.05) is 5.56 Å². The van der Waals surface area contributed by atoms with Crippen molar-refractivity contribution in [2.75, 3.05) is 0 Å². The predicted octanol–water partition coefficient (Wildman–Crippen LogP) is 3.33. The average molecular weight is 215 g/mol. The van der Waals surface area contributed by atoms with E-state index in [0.29, 0.717) is 6.54 Å². The molecule has 2 rings (SSSR count). The highest BCUT2D eigenvalue weighted by Crippen LogP contribution is 2.27. The molecule has 0 amide bonds. The van der Waals surface area contributed by atoms with E-state index in [0.717, 1.165) is 17.1 Å². The Bertz CT molecular complexity index is 511. The zero-order chi connectivity index (χ0) is 11.7. The van der Waals surface area contributed by atoms with Crippen LogP contribution in [0.3, 0.4) is 0 Å². The van der Waals surface area contributed by atoms with Crippen molar-refractivity contribution in [1.82, 2.24) is 0 Å². The molecule has 0 atom stereocenters. The first kappa shape index (κ1) is 11.0. The Balaban J connectivity index is 2.51.